The molecule has 5 heterocycles. The van der Waals surface area contributed by atoms with E-state index in [4.69, 9.17) is 4.98 Å². The number of fused-ring (bicyclic) bond motifs is 2. The van der Waals surface area contributed by atoms with Crippen LogP contribution in [-0.4, -0.2) is 105 Å². The third-order valence-corrected chi connectivity index (χ3v) is 11.7. The summed E-state index contributed by atoms with van der Waals surface area (Å²) in [6.45, 7) is 2.82. The standard InChI is InChI=1S/C41H46FN9O5/c1-48(2)40(56)34-20-26-22-44-41(47-36(26)51(34)29-5-3-4-6-29)45-28-9-7-25(8-10-28)37(53)43-15-18-49-16-13-24(14-17-49)30-19-27-23-50(39(55)31(27)21-32(30)42)33-11-12-35(52)46-38(33)54/h7-10,19-22,24,29,33H,3-6,11-18,23H2,1-2H3,(H,43,53)(H,44,45,47)(H,46,52,54). The minimum absolute atomic E-state index is 0.00660. The summed E-state index contributed by atoms with van der Waals surface area (Å²) < 4.78 is 17.5. The van der Waals surface area contributed by atoms with Crippen LogP contribution in [0, 0.1) is 5.82 Å². The fourth-order valence-corrected chi connectivity index (χ4v) is 8.65. The van der Waals surface area contributed by atoms with Crippen LogP contribution in [0.5, 0.6) is 0 Å². The van der Waals surface area contributed by atoms with Gasteiger partial charge in [-0.3, -0.25) is 29.3 Å². The Morgan fingerprint density at radius 3 is 2.45 bits per heavy atom. The minimum Gasteiger partial charge on any atom is -0.351 e. The largest absolute Gasteiger partial charge is 0.351 e. The zero-order valence-corrected chi connectivity index (χ0v) is 31.6. The van der Waals surface area contributed by atoms with E-state index in [1.165, 1.54) is 11.0 Å². The molecule has 1 unspecified atom stereocenters. The summed E-state index contributed by atoms with van der Waals surface area (Å²) in [5.41, 5.74) is 4.17. The Balaban J connectivity index is 0.824. The van der Waals surface area contributed by atoms with Gasteiger partial charge in [-0.2, -0.15) is 4.98 Å². The predicted octanol–water partition coefficient (Wildman–Crippen LogP) is 4.50. The molecule has 4 aliphatic rings. The molecular formula is C41H46FN9O5. The van der Waals surface area contributed by atoms with Gasteiger partial charge in [0, 0.05) is 74.6 Å². The topological polar surface area (TPSA) is 162 Å². The molecule has 1 saturated carbocycles. The van der Waals surface area contributed by atoms with Gasteiger partial charge in [-0.25, -0.2) is 9.37 Å². The lowest BCUT2D eigenvalue weighted by atomic mass is 9.87. The van der Waals surface area contributed by atoms with Gasteiger partial charge in [-0.15, -0.1) is 0 Å². The van der Waals surface area contributed by atoms with Crippen LogP contribution in [0.25, 0.3) is 11.0 Å². The molecule has 8 rings (SSSR count). The van der Waals surface area contributed by atoms with Crippen LogP contribution in [0.4, 0.5) is 16.0 Å². The van der Waals surface area contributed by atoms with E-state index in [9.17, 15) is 24.0 Å². The Bertz CT molecular complexity index is 2210. The molecule has 292 valence electrons. The maximum atomic E-state index is 15.4. The maximum Gasteiger partial charge on any atom is 0.270 e. The summed E-state index contributed by atoms with van der Waals surface area (Å²) in [4.78, 5) is 77.7. The van der Waals surface area contributed by atoms with Crippen molar-refractivity contribution in [2.24, 2.45) is 0 Å². The third-order valence-electron chi connectivity index (χ3n) is 11.7. The highest BCUT2D eigenvalue weighted by molar-refractivity contribution is 6.05. The molecule has 15 heteroatoms. The van der Waals surface area contributed by atoms with Crippen molar-refractivity contribution in [2.75, 3.05) is 45.6 Å². The van der Waals surface area contributed by atoms with E-state index in [0.29, 0.717) is 41.4 Å². The SMILES string of the molecule is CN(C)C(=O)c1cc2cnc(Nc3ccc(C(=O)NCCN4CCC(c5cc6c(cc5F)C(=O)N(C5CCC(=O)NC5=O)C6)CC4)cc3)nc2n1C1CCCC1. The number of anilines is 2. The van der Waals surface area contributed by atoms with Crippen molar-refractivity contribution in [1.82, 2.24) is 39.9 Å². The van der Waals surface area contributed by atoms with Crippen molar-refractivity contribution >= 4 is 52.2 Å². The Labute approximate surface area is 323 Å². The first-order chi connectivity index (χ1) is 27.0. The molecule has 5 amide bonds. The fraction of sp³-hybridized carbons (Fsp3) is 0.439. The highest BCUT2D eigenvalue weighted by atomic mass is 19.1. The summed E-state index contributed by atoms with van der Waals surface area (Å²) in [5, 5.41) is 9.37. The lowest BCUT2D eigenvalue weighted by molar-refractivity contribution is -0.136. The zero-order valence-electron chi connectivity index (χ0n) is 31.6. The number of carbonyl (C=O) groups is 5. The second-order valence-electron chi connectivity index (χ2n) is 15.5. The number of rotatable bonds is 10. The van der Waals surface area contributed by atoms with Gasteiger partial charge >= 0.3 is 0 Å². The molecule has 2 saturated heterocycles. The summed E-state index contributed by atoms with van der Waals surface area (Å²) in [5.74, 6) is -1.47. The van der Waals surface area contributed by atoms with Gasteiger partial charge < -0.3 is 29.9 Å². The van der Waals surface area contributed by atoms with Gasteiger partial charge in [0.2, 0.25) is 17.8 Å². The number of nitrogens with zero attached hydrogens (tertiary/aromatic N) is 6. The van der Waals surface area contributed by atoms with Crippen LogP contribution >= 0.6 is 0 Å². The number of hydrogen-bond acceptors (Lipinski definition) is 9. The molecule has 2 aromatic heterocycles. The molecule has 1 atom stereocenters. The first kappa shape index (κ1) is 37.2. The number of likely N-dealkylation sites (tertiary alicyclic amines) is 1. The number of piperidine rings is 2. The number of nitrogens with one attached hydrogen (secondary N) is 3. The van der Waals surface area contributed by atoms with Gasteiger partial charge in [0.1, 0.15) is 23.2 Å². The first-order valence-corrected chi connectivity index (χ1v) is 19.5. The van der Waals surface area contributed by atoms with E-state index < -0.39 is 17.8 Å². The average molecular weight is 764 g/mol. The van der Waals surface area contributed by atoms with Crippen LogP contribution in [0.3, 0.4) is 0 Å². The average Bonchev–Trinajstić information content (AvgIpc) is 3.93. The van der Waals surface area contributed by atoms with E-state index in [1.807, 2.05) is 18.2 Å². The Morgan fingerprint density at radius 2 is 1.73 bits per heavy atom. The number of imide groups is 1. The van der Waals surface area contributed by atoms with Crippen molar-refractivity contribution in [3.63, 3.8) is 0 Å². The van der Waals surface area contributed by atoms with Crippen molar-refractivity contribution in [3.05, 3.63) is 82.4 Å². The highest BCUT2D eigenvalue weighted by Gasteiger charge is 2.40. The maximum absolute atomic E-state index is 15.4. The lowest BCUT2D eigenvalue weighted by Crippen LogP contribution is -2.52. The summed E-state index contributed by atoms with van der Waals surface area (Å²) >= 11 is 0. The second kappa shape index (κ2) is 15.4. The highest BCUT2D eigenvalue weighted by Crippen LogP contribution is 2.37. The molecule has 0 radical (unpaired) electrons. The summed E-state index contributed by atoms with van der Waals surface area (Å²) in [6.07, 6.45) is 7.89. The van der Waals surface area contributed by atoms with Crippen LogP contribution < -0.4 is 16.0 Å². The normalized spacial score (nSPS) is 19.4. The number of amides is 5. The molecule has 0 spiro atoms. The van der Waals surface area contributed by atoms with Crippen molar-refractivity contribution in [1.29, 1.82) is 0 Å². The summed E-state index contributed by atoms with van der Waals surface area (Å²) in [6, 6.07) is 11.6. The fourth-order valence-electron chi connectivity index (χ4n) is 8.65. The van der Waals surface area contributed by atoms with E-state index in [-0.39, 0.29) is 60.5 Å². The predicted molar refractivity (Wildman–Crippen MR) is 206 cm³/mol. The van der Waals surface area contributed by atoms with E-state index in [0.717, 1.165) is 68.3 Å². The molecule has 4 aromatic rings. The molecule has 14 nitrogen and oxygen atoms in total. The van der Waals surface area contributed by atoms with E-state index >= 15 is 4.39 Å². The minimum atomic E-state index is -0.738. The molecular weight excluding hydrogens is 718 g/mol. The molecule has 56 heavy (non-hydrogen) atoms. The lowest BCUT2D eigenvalue weighted by Gasteiger charge is -2.32. The number of halogens is 1. The van der Waals surface area contributed by atoms with Gasteiger partial charge in [0.05, 0.1) is 0 Å². The molecule has 1 aliphatic carbocycles. The van der Waals surface area contributed by atoms with Gasteiger partial charge in [0.15, 0.2) is 0 Å². The number of hydrogen-bond donors (Lipinski definition) is 3. The molecule has 3 fully saturated rings. The van der Waals surface area contributed by atoms with Crippen molar-refractivity contribution < 1.29 is 28.4 Å². The smallest absolute Gasteiger partial charge is 0.270 e. The third kappa shape index (κ3) is 7.34. The zero-order chi connectivity index (χ0) is 39.1. The molecule has 3 aliphatic heterocycles. The van der Waals surface area contributed by atoms with Crippen molar-refractivity contribution in [2.45, 2.75) is 75.9 Å². The van der Waals surface area contributed by atoms with Crippen LogP contribution in [0.1, 0.15) is 106 Å². The van der Waals surface area contributed by atoms with Gasteiger partial charge in [0.25, 0.3) is 17.7 Å². The Morgan fingerprint density at radius 1 is 0.982 bits per heavy atom. The van der Waals surface area contributed by atoms with Gasteiger partial charge in [-0.05, 0) is 98.6 Å². The summed E-state index contributed by atoms with van der Waals surface area (Å²) in [7, 11) is 3.50. The Kier molecular flexibility index (Phi) is 10.3. The van der Waals surface area contributed by atoms with Gasteiger partial charge in [-0.1, -0.05) is 18.9 Å². The second-order valence-corrected chi connectivity index (χ2v) is 15.5. The van der Waals surface area contributed by atoms with E-state index in [1.54, 1.807) is 43.4 Å². The number of carbonyl (C=O) groups excluding carboxylic acids is 5. The number of benzene rings is 2. The number of aromatic nitrogens is 3. The monoisotopic (exact) mass is 763 g/mol. The van der Waals surface area contributed by atoms with E-state index in [2.05, 4.69) is 30.4 Å². The molecule has 2 aromatic carbocycles. The molecule has 3 N–H and O–H groups in total. The Hall–Kier alpha value is -5.70. The van der Waals surface area contributed by atoms with Crippen molar-refractivity contribution in [3.8, 4) is 0 Å². The molecule has 0 bridgehead atoms. The quantitative estimate of drug-likeness (QED) is 0.198. The van der Waals surface area contributed by atoms with Crippen LogP contribution in [-0.2, 0) is 16.1 Å². The van der Waals surface area contributed by atoms with Crippen LogP contribution in [0.2, 0.25) is 0 Å². The first-order valence-electron chi connectivity index (χ1n) is 19.5. The van der Waals surface area contributed by atoms with Crippen LogP contribution in [0.15, 0.2) is 48.7 Å².